The third kappa shape index (κ3) is 4.36. The fourth-order valence-corrected chi connectivity index (χ4v) is 1.82. The Morgan fingerprint density at radius 3 is 2.86 bits per heavy atom. The van der Waals surface area contributed by atoms with Crippen molar-refractivity contribution in [2.45, 2.75) is 6.92 Å². The molecule has 1 aromatic carbocycles. The van der Waals surface area contributed by atoms with Gasteiger partial charge in [-0.05, 0) is 39.2 Å². The fourth-order valence-electron chi connectivity index (χ4n) is 1.82. The van der Waals surface area contributed by atoms with Gasteiger partial charge in [-0.25, -0.2) is 4.99 Å². The first-order valence-electron chi connectivity index (χ1n) is 7.13. The maximum absolute atomic E-state index is 12.2. The number of amidine groups is 1. The highest BCUT2D eigenvalue weighted by Crippen LogP contribution is 2.32. The number of nitrogens with one attached hydrogen (secondary N) is 1. The van der Waals surface area contributed by atoms with Crippen LogP contribution in [-0.2, 0) is 4.74 Å². The summed E-state index contributed by atoms with van der Waals surface area (Å²) in [4.78, 5) is 18.5. The standard InChI is InChI=1S/C15H21N3O4/c1-4-20-15(16-7-8-18(2)3)17-14(19)11-5-6-12-13(9-11)22-10-21-12/h5-6,9H,4,7-8,10H2,1-3H3,(H,16,17,19). The lowest BCUT2D eigenvalue weighted by atomic mass is 10.2. The second-order valence-electron chi connectivity index (χ2n) is 4.95. The van der Waals surface area contributed by atoms with Crippen molar-refractivity contribution in [2.24, 2.45) is 4.99 Å². The van der Waals surface area contributed by atoms with Crippen molar-refractivity contribution in [2.75, 3.05) is 40.6 Å². The number of carbonyl (C=O) groups is 1. The second kappa shape index (κ2) is 7.65. The minimum atomic E-state index is -0.296. The predicted octanol–water partition coefficient (Wildman–Crippen LogP) is 1.10. The molecule has 1 aliphatic rings. The fraction of sp³-hybridized carbons (Fsp3) is 0.467. The van der Waals surface area contributed by atoms with E-state index >= 15 is 0 Å². The number of aliphatic imine (C=N–C) groups is 1. The zero-order valence-corrected chi connectivity index (χ0v) is 13.1. The number of hydrogen-bond donors (Lipinski definition) is 1. The number of benzene rings is 1. The molecule has 0 unspecified atom stereocenters. The van der Waals surface area contributed by atoms with E-state index in [4.69, 9.17) is 14.2 Å². The summed E-state index contributed by atoms with van der Waals surface area (Å²) in [5.74, 6) is 0.909. The number of carbonyl (C=O) groups excluding carboxylic acids is 1. The van der Waals surface area contributed by atoms with Crippen molar-refractivity contribution in [3.63, 3.8) is 0 Å². The average Bonchev–Trinajstić information content (AvgIpc) is 2.94. The number of fused-ring (bicyclic) bond motifs is 1. The molecule has 22 heavy (non-hydrogen) atoms. The number of hydrogen-bond acceptors (Lipinski definition) is 6. The van der Waals surface area contributed by atoms with E-state index in [1.165, 1.54) is 0 Å². The first-order valence-corrected chi connectivity index (χ1v) is 7.13. The van der Waals surface area contributed by atoms with Gasteiger partial charge in [0.2, 0.25) is 6.79 Å². The first kappa shape index (κ1) is 16.1. The Bertz CT molecular complexity index is 558. The molecular weight excluding hydrogens is 286 g/mol. The van der Waals surface area contributed by atoms with Crippen molar-refractivity contribution in [3.05, 3.63) is 23.8 Å². The molecule has 1 aliphatic heterocycles. The van der Waals surface area contributed by atoms with Crippen LogP contribution in [0, 0.1) is 0 Å². The molecule has 0 aromatic heterocycles. The maximum atomic E-state index is 12.2. The van der Waals surface area contributed by atoms with Crippen molar-refractivity contribution in [3.8, 4) is 11.5 Å². The van der Waals surface area contributed by atoms with Crippen LogP contribution in [0.2, 0.25) is 0 Å². The van der Waals surface area contributed by atoms with Crippen molar-refractivity contribution >= 4 is 11.9 Å². The van der Waals surface area contributed by atoms with Crippen molar-refractivity contribution in [1.82, 2.24) is 10.2 Å². The highest BCUT2D eigenvalue weighted by molar-refractivity contribution is 6.04. The Morgan fingerprint density at radius 1 is 1.36 bits per heavy atom. The van der Waals surface area contributed by atoms with Gasteiger partial charge in [0.25, 0.3) is 11.9 Å². The van der Waals surface area contributed by atoms with Gasteiger partial charge in [-0.15, -0.1) is 0 Å². The Kier molecular flexibility index (Phi) is 5.60. The lowest BCUT2D eigenvalue weighted by Crippen LogP contribution is -2.33. The van der Waals surface area contributed by atoms with Gasteiger partial charge in [0.1, 0.15) is 0 Å². The third-order valence-corrected chi connectivity index (χ3v) is 2.94. The predicted molar refractivity (Wildman–Crippen MR) is 82.5 cm³/mol. The molecule has 1 amide bonds. The lowest BCUT2D eigenvalue weighted by Gasteiger charge is -2.11. The van der Waals surface area contributed by atoms with Crippen LogP contribution < -0.4 is 14.8 Å². The van der Waals surface area contributed by atoms with Gasteiger partial charge in [-0.1, -0.05) is 0 Å². The molecule has 0 saturated heterocycles. The SMILES string of the molecule is CCOC(=NCCN(C)C)NC(=O)c1ccc2c(c1)OCO2. The molecule has 1 heterocycles. The summed E-state index contributed by atoms with van der Waals surface area (Å²) in [6, 6.07) is 5.25. The molecule has 7 nitrogen and oxygen atoms in total. The first-order chi connectivity index (χ1) is 10.6. The topological polar surface area (TPSA) is 72.4 Å². The molecule has 2 rings (SSSR count). The Morgan fingerprint density at radius 2 is 2.14 bits per heavy atom. The van der Waals surface area contributed by atoms with Crippen LogP contribution in [0.4, 0.5) is 0 Å². The van der Waals surface area contributed by atoms with E-state index in [2.05, 4.69) is 10.3 Å². The summed E-state index contributed by atoms with van der Waals surface area (Å²) in [6.45, 7) is 3.77. The molecule has 0 fully saturated rings. The van der Waals surface area contributed by atoms with Crippen LogP contribution in [0.15, 0.2) is 23.2 Å². The van der Waals surface area contributed by atoms with Crippen molar-refractivity contribution in [1.29, 1.82) is 0 Å². The van der Waals surface area contributed by atoms with Crippen LogP contribution in [0.5, 0.6) is 11.5 Å². The minimum Gasteiger partial charge on any atom is -0.465 e. The molecule has 0 bridgehead atoms. The monoisotopic (exact) mass is 307 g/mol. The van der Waals surface area contributed by atoms with Crippen LogP contribution in [0.1, 0.15) is 17.3 Å². The maximum Gasteiger partial charge on any atom is 0.291 e. The van der Waals surface area contributed by atoms with Crippen LogP contribution >= 0.6 is 0 Å². The van der Waals surface area contributed by atoms with Gasteiger partial charge in [-0.3, -0.25) is 10.1 Å². The van der Waals surface area contributed by atoms with Crippen LogP contribution in [0.3, 0.4) is 0 Å². The van der Waals surface area contributed by atoms with Crippen molar-refractivity contribution < 1.29 is 19.0 Å². The molecule has 0 saturated carbocycles. The summed E-state index contributed by atoms with van der Waals surface area (Å²) in [6.07, 6.45) is 0. The molecule has 0 spiro atoms. The molecule has 1 aromatic rings. The number of nitrogens with zero attached hydrogens (tertiary/aromatic N) is 2. The van der Waals surface area contributed by atoms with E-state index < -0.39 is 0 Å². The van der Waals surface area contributed by atoms with Gasteiger partial charge < -0.3 is 19.1 Å². The zero-order valence-electron chi connectivity index (χ0n) is 13.1. The van der Waals surface area contributed by atoms with E-state index in [1.54, 1.807) is 18.2 Å². The highest BCUT2D eigenvalue weighted by atomic mass is 16.7. The van der Waals surface area contributed by atoms with E-state index in [-0.39, 0.29) is 18.7 Å². The summed E-state index contributed by atoms with van der Waals surface area (Å²) in [7, 11) is 3.92. The highest BCUT2D eigenvalue weighted by Gasteiger charge is 2.17. The summed E-state index contributed by atoms with van der Waals surface area (Å²) in [5.41, 5.74) is 0.462. The summed E-state index contributed by atoms with van der Waals surface area (Å²) < 4.78 is 15.8. The zero-order chi connectivity index (χ0) is 15.9. The normalized spacial score (nSPS) is 13.4. The van der Waals surface area contributed by atoms with Gasteiger partial charge in [0.15, 0.2) is 11.5 Å². The van der Waals surface area contributed by atoms with Gasteiger partial charge in [0, 0.05) is 12.1 Å². The molecule has 0 atom stereocenters. The van der Waals surface area contributed by atoms with Gasteiger partial charge in [0.05, 0.1) is 13.2 Å². The lowest BCUT2D eigenvalue weighted by molar-refractivity contribution is 0.0965. The van der Waals surface area contributed by atoms with Crippen LogP contribution in [-0.4, -0.2) is 57.4 Å². The number of rotatable bonds is 5. The Labute approximate surface area is 129 Å². The molecule has 0 radical (unpaired) electrons. The molecular formula is C15H21N3O4. The summed E-state index contributed by atoms with van der Waals surface area (Å²) in [5, 5.41) is 2.67. The van der Waals surface area contributed by atoms with E-state index in [0.29, 0.717) is 30.2 Å². The van der Waals surface area contributed by atoms with E-state index in [1.807, 2.05) is 25.9 Å². The molecule has 0 aliphatic carbocycles. The number of ether oxygens (including phenoxy) is 3. The second-order valence-corrected chi connectivity index (χ2v) is 4.95. The molecule has 7 heteroatoms. The largest absolute Gasteiger partial charge is 0.465 e. The van der Waals surface area contributed by atoms with Gasteiger partial charge in [-0.2, -0.15) is 0 Å². The average molecular weight is 307 g/mol. The Balaban J connectivity index is 2.01. The van der Waals surface area contributed by atoms with E-state index in [9.17, 15) is 4.79 Å². The quantitative estimate of drug-likeness (QED) is 0.651. The molecule has 1 N–H and O–H groups in total. The minimum absolute atomic E-state index is 0.177. The van der Waals surface area contributed by atoms with Crippen LogP contribution in [0.25, 0.3) is 0 Å². The smallest absolute Gasteiger partial charge is 0.291 e. The van der Waals surface area contributed by atoms with E-state index in [0.717, 1.165) is 6.54 Å². The summed E-state index contributed by atoms with van der Waals surface area (Å²) >= 11 is 0. The number of likely N-dealkylation sites (N-methyl/N-ethyl adjacent to an activating group) is 1. The number of amides is 1. The third-order valence-electron chi connectivity index (χ3n) is 2.94. The Hall–Kier alpha value is -2.28. The molecule has 120 valence electrons. The van der Waals surface area contributed by atoms with Gasteiger partial charge >= 0.3 is 0 Å².